The van der Waals surface area contributed by atoms with E-state index in [-0.39, 0.29) is 5.91 Å². The molecule has 0 spiro atoms. The number of aromatic nitrogens is 1. The number of guanidine groups is 1. The van der Waals surface area contributed by atoms with Gasteiger partial charge in [-0.05, 0) is 29.7 Å². The smallest absolute Gasteiger partial charge is 0.222 e. The van der Waals surface area contributed by atoms with Crippen LogP contribution in [0.1, 0.15) is 29.7 Å². The molecule has 0 saturated carbocycles. The second kappa shape index (κ2) is 8.99. The fraction of sp³-hybridized carbons (Fsp3) is 0.350. The quantitative estimate of drug-likeness (QED) is 0.617. The highest BCUT2D eigenvalue weighted by molar-refractivity contribution is 5.79. The van der Waals surface area contributed by atoms with Crippen LogP contribution in [0.5, 0.6) is 0 Å². The third kappa shape index (κ3) is 4.81. The van der Waals surface area contributed by atoms with E-state index in [2.05, 4.69) is 32.7 Å². The molecule has 1 aromatic carbocycles. The summed E-state index contributed by atoms with van der Waals surface area (Å²) in [5.74, 6) is 0.975. The van der Waals surface area contributed by atoms with Crippen molar-refractivity contribution in [1.82, 2.24) is 20.5 Å². The first-order chi connectivity index (χ1) is 12.8. The number of aliphatic imine (C=N–C) groups is 1. The van der Waals surface area contributed by atoms with Crippen LogP contribution >= 0.6 is 0 Å². The van der Waals surface area contributed by atoms with Crippen molar-refractivity contribution in [2.24, 2.45) is 4.99 Å². The molecular formula is C20H25N5O. The van der Waals surface area contributed by atoms with Crippen LogP contribution in [-0.4, -0.2) is 35.3 Å². The number of likely N-dealkylation sites (tertiary alicyclic amines) is 1. The average molecular weight is 351 g/mol. The number of amides is 1. The first-order valence-corrected chi connectivity index (χ1v) is 8.95. The van der Waals surface area contributed by atoms with Gasteiger partial charge in [0.25, 0.3) is 0 Å². The Labute approximate surface area is 154 Å². The molecule has 6 heteroatoms. The zero-order valence-corrected chi connectivity index (χ0v) is 15.1. The van der Waals surface area contributed by atoms with Crippen molar-refractivity contribution in [3.63, 3.8) is 0 Å². The van der Waals surface area contributed by atoms with Crippen LogP contribution in [0.2, 0.25) is 0 Å². The maximum absolute atomic E-state index is 11.9. The third-order valence-electron chi connectivity index (χ3n) is 4.48. The Hall–Kier alpha value is -2.89. The predicted octanol–water partition coefficient (Wildman–Crippen LogP) is 2.07. The molecule has 1 aromatic heterocycles. The number of nitrogens with zero attached hydrogens (tertiary/aromatic N) is 3. The molecule has 1 aliphatic heterocycles. The van der Waals surface area contributed by atoms with Crippen LogP contribution in [0.15, 0.2) is 53.7 Å². The van der Waals surface area contributed by atoms with Crippen molar-refractivity contribution in [3.8, 4) is 0 Å². The lowest BCUT2D eigenvalue weighted by atomic mass is 10.1. The van der Waals surface area contributed by atoms with E-state index in [9.17, 15) is 4.79 Å². The SMILES string of the molecule is CN=C(NCc1ccccn1)NCc1ccccc1CN1CCCC1=O. The lowest BCUT2D eigenvalue weighted by molar-refractivity contribution is -0.128. The zero-order chi connectivity index (χ0) is 18.2. The Kier molecular flexibility index (Phi) is 6.19. The third-order valence-corrected chi connectivity index (χ3v) is 4.48. The molecule has 1 aliphatic rings. The van der Waals surface area contributed by atoms with Crippen molar-refractivity contribution in [2.75, 3.05) is 13.6 Å². The Morgan fingerprint density at radius 2 is 1.88 bits per heavy atom. The van der Waals surface area contributed by atoms with Crippen molar-refractivity contribution in [3.05, 3.63) is 65.5 Å². The van der Waals surface area contributed by atoms with Crippen LogP contribution in [0.25, 0.3) is 0 Å². The molecule has 2 aromatic rings. The number of nitrogens with one attached hydrogen (secondary N) is 2. The summed E-state index contributed by atoms with van der Waals surface area (Å²) in [6, 6.07) is 14.1. The van der Waals surface area contributed by atoms with Gasteiger partial charge in [0.15, 0.2) is 5.96 Å². The molecule has 1 fully saturated rings. The van der Waals surface area contributed by atoms with Crippen molar-refractivity contribution >= 4 is 11.9 Å². The second-order valence-corrected chi connectivity index (χ2v) is 6.29. The molecule has 3 rings (SSSR count). The number of hydrogen-bond acceptors (Lipinski definition) is 3. The number of hydrogen-bond donors (Lipinski definition) is 2. The van der Waals surface area contributed by atoms with Gasteiger partial charge in [-0.1, -0.05) is 30.3 Å². The Bertz CT molecular complexity index is 760. The molecule has 0 atom stereocenters. The van der Waals surface area contributed by atoms with Crippen LogP contribution in [0.3, 0.4) is 0 Å². The summed E-state index contributed by atoms with van der Waals surface area (Å²) in [7, 11) is 1.75. The summed E-state index contributed by atoms with van der Waals surface area (Å²) >= 11 is 0. The standard InChI is InChI=1S/C20H25N5O/c1-21-20(24-14-18-9-4-5-11-22-18)23-13-16-7-2-3-8-17(16)15-25-12-6-10-19(25)26/h2-5,7-9,11H,6,10,12-15H2,1H3,(H2,21,23,24). The highest BCUT2D eigenvalue weighted by Crippen LogP contribution is 2.17. The zero-order valence-electron chi connectivity index (χ0n) is 15.1. The van der Waals surface area contributed by atoms with E-state index in [0.717, 1.165) is 24.6 Å². The molecule has 0 bridgehead atoms. The lowest BCUT2D eigenvalue weighted by Crippen LogP contribution is -2.36. The van der Waals surface area contributed by atoms with Crippen molar-refractivity contribution < 1.29 is 4.79 Å². The number of pyridine rings is 1. The normalized spacial score (nSPS) is 14.6. The minimum absolute atomic E-state index is 0.251. The average Bonchev–Trinajstić information content (AvgIpc) is 3.08. The van der Waals surface area contributed by atoms with E-state index in [1.165, 1.54) is 11.1 Å². The number of rotatable bonds is 6. The molecule has 2 heterocycles. The van der Waals surface area contributed by atoms with Crippen molar-refractivity contribution in [1.29, 1.82) is 0 Å². The fourth-order valence-electron chi connectivity index (χ4n) is 3.04. The molecule has 6 nitrogen and oxygen atoms in total. The lowest BCUT2D eigenvalue weighted by Gasteiger charge is -2.19. The van der Waals surface area contributed by atoms with E-state index >= 15 is 0 Å². The molecule has 1 saturated heterocycles. The number of carbonyl (C=O) groups excluding carboxylic acids is 1. The summed E-state index contributed by atoms with van der Waals surface area (Å²) in [6.45, 7) is 2.80. The van der Waals surface area contributed by atoms with Gasteiger partial charge in [-0.2, -0.15) is 0 Å². The monoisotopic (exact) mass is 351 g/mol. The number of carbonyl (C=O) groups is 1. The van der Waals surface area contributed by atoms with Gasteiger partial charge in [0.05, 0.1) is 12.2 Å². The van der Waals surface area contributed by atoms with Gasteiger partial charge in [0.2, 0.25) is 5.91 Å². The first kappa shape index (κ1) is 17.9. The van der Waals surface area contributed by atoms with Gasteiger partial charge in [-0.3, -0.25) is 14.8 Å². The van der Waals surface area contributed by atoms with E-state index in [1.807, 2.05) is 35.2 Å². The summed E-state index contributed by atoms with van der Waals surface area (Å²) in [5, 5.41) is 6.61. The summed E-state index contributed by atoms with van der Waals surface area (Å²) in [4.78, 5) is 22.4. The summed E-state index contributed by atoms with van der Waals surface area (Å²) < 4.78 is 0. The summed E-state index contributed by atoms with van der Waals surface area (Å²) in [5.41, 5.74) is 3.31. The first-order valence-electron chi connectivity index (χ1n) is 8.95. The second-order valence-electron chi connectivity index (χ2n) is 6.29. The molecule has 1 amide bonds. The maximum atomic E-state index is 11.9. The van der Waals surface area contributed by atoms with E-state index in [4.69, 9.17) is 0 Å². The van der Waals surface area contributed by atoms with Crippen LogP contribution in [0.4, 0.5) is 0 Å². The van der Waals surface area contributed by atoms with Gasteiger partial charge in [-0.15, -0.1) is 0 Å². The van der Waals surface area contributed by atoms with E-state index in [1.54, 1.807) is 13.2 Å². The van der Waals surface area contributed by atoms with Gasteiger partial charge < -0.3 is 15.5 Å². The van der Waals surface area contributed by atoms with E-state index in [0.29, 0.717) is 26.1 Å². The highest BCUT2D eigenvalue weighted by Gasteiger charge is 2.20. The largest absolute Gasteiger partial charge is 0.352 e. The number of benzene rings is 1. The molecule has 0 radical (unpaired) electrons. The minimum Gasteiger partial charge on any atom is -0.352 e. The van der Waals surface area contributed by atoms with Crippen LogP contribution < -0.4 is 10.6 Å². The summed E-state index contributed by atoms with van der Waals surface area (Å²) in [6.07, 6.45) is 3.41. The fourth-order valence-corrected chi connectivity index (χ4v) is 3.04. The van der Waals surface area contributed by atoms with E-state index < -0.39 is 0 Å². The Morgan fingerprint density at radius 3 is 2.58 bits per heavy atom. The van der Waals surface area contributed by atoms with Gasteiger partial charge >= 0.3 is 0 Å². The van der Waals surface area contributed by atoms with Crippen molar-refractivity contribution in [2.45, 2.75) is 32.5 Å². The Balaban J connectivity index is 1.57. The molecule has 0 unspecified atom stereocenters. The van der Waals surface area contributed by atoms with Gasteiger partial charge in [0.1, 0.15) is 0 Å². The van der Waals surface area contributed by atoms with Gasteiger partial charge in [0, 0.05) is 39.3 Å². The molecular weight excluding hydrogens is 326 g/mol. The molecule has 2 N–H and O–H groups in total. The Morgan fingerprint density at radius 1 is 1.12 bits per heavy atom. The highest BCUT2D eigenvalue weighted by atomic mass is 16.2. The molecule has 136 valence electrons. The van der Waals surface area contributed by atoms with Gasteiger partial charge in [-0.25, -0.2) is 0 Å². The topological polar surface area (TPSA) is 69.6 Å². The predicted molar refractivity (Wildman–Crippen MR) is 102 cm³/mol. The van der Waals surface area contributed by atoms with Crippen LogP contribution in [-0.2, 0) is 24.4 Å². The molecule has 26 heavy (non-hydrogen) atoms. The molecule has 0 aliphatic carbocycles. The minimum atomic E-state index is 0.251. The maximum Gasteiger partial charge on any atom is 0.222 e. The van der Waals surface area contributed by atoms with Crippen LogP contribution in [0, 0.1) is 0 Å².